The summed E-state index contributed by atoms with van der Waals surface area (Å²) in [7, 11) is 3.52. The van der Waals surface area contributed by atoms with Crippen LogP contribution in [-0.4, -0.2) is 81.0 Å². The van der Waals surface area contributed by atoms with Crippen LogP contribution in [0.4, 0.5) is 0 Å². The van der Waals surface area contributed by atoms with Gasteiger partial charge in [-0.3, -0.25) is 9.69 Å². The van der Waals surface area contributed by atoms with Crippen molar-refractivity contribution in [2.45, 2.75) is 76.5 Å². The predicted molar refractivity (Wildman–Crippen MR) is 120 cm³/mol. The van der Waals surface area contributed by atoms with Gasteiger partial charge in [-0.1, -0.05) is 0 Å². The summed E-state index contributed by atoms with van der Waals surface area (Å²) in [5.74, 6) is -0.0153. The van der Waals surface area contributed by atoms with Crippen LogP contribution < -0.4 is 0 Å². The highest BCUT2D eigenvalue weighted by Gasteiger charge is 2.48. The highest BCUT2D eigenvalue weighted by Crippen LogP contribution is 2.36. The summed E-state index contributed by atoms with van der Waals surface area (Å²) in [5, 5.41) is 0. The van der Waals surface area contributed by atoms with E-state index in [0.29, 0.717) is 13.2 Å². The molecule has 2 heterocycles. The van der Waals surface area contributed by atoms with Gasteiger partial charge in [-0.2, -0.15) is 0 Å². The standard InChI is InChI=1S/C21H38N2O5.2ClH/c1-4-27-19(24)17-8-10-18(11-9-17)28-20(22-13-5-6-14-22)23-15-7-12-21(23,26-3)16-25-2;;/h17-18,20H,4-16H2,1-3H3;2*1H/t17?,18?,20-,21-;;/m0../s1. The van der Waals surface area contributed by atoms with Crippen LogP contribution in [0.25, 0.3) is 0 Å². The van der Waals surface area contributed by atoms with E-state index >= 15 is 0 Å². The summed E-state index contributed by atoms with van der Waals surface area (Å²) in [5.41, 5.74) is -0.413. The van der Waals surface area contributed by atoms with E-state index in [1.165, 1.54) is 12.8 Å². The van der Waals surface area contributed by atoms with Crippen LogP contribution in [-0.2, 0) is 23.7 Å². The normalized spacial score (nSPS) is 31.0. The Kier molecular flexibility index (Phi) is 12.5. The molecule has 0 spiro atoms. The van der Waals surface area contributed by atoms with Gasteiger partial charge in [0, 0.05) is 33.9 Å². The molecule has 1 saturated carbocycles. The van der Waals surface area contributed by atoms with Gasteiger partial charge in [0.15, 0.2) is 6.35 Å². The molecule has 0 bridgehead atoms. The van der Waals surface area contributed by atoms with Crippen molar-refractivity contribution >= 4 is 30.8 Å². The van der Waals surface area contributed by atoms with Crippen molar-refractivity contribution in [1.82, 2.24) is 9.80 Å². The summed E-state index contributed by atoms with van der Waals surface area (Å²) in [6.45, 7) is 5.95. The molecule has 0 unspecified atom stereocenters. The number of hydrogen-bond acceptors (Lipinski definition) is 7. The summed E-state index contributed by atoms with van der Waals surface area (Å²) in [6.07, 6.45) is 8.09. The minimum absolute atomic E-state index is 0. The Morgan fingerprint density at radius 2 is 1.70 bits per heavy atom. The van der Waals surface area contributed by atoms with E-state index < -0.39 is 5.72 Å². The van der Waals surface area contributed by atoms with Crippen LogP contribution >= 0.6 is 24.8 Å². The van der Waals surface area contributed by atoms with E-state index in [4.69, 9.17) is 18.9 Å². The molecule has 0 N–H and O–H groups in total. The quantitative estimate of drug-likeness (QED) is 0.478. The molecule has 2 saturated heterocycles. The molecule has 0 amide bonds. The molecule has 7 nitrogen and oxygen atoms in total. The van der Waals surface area contributed by atoms with Crippen molar-refractivity contribution in [2.75, 3.05) is 47.1 Å². The number of methoxy groups -OCH3 is 2. The van der Waals surface area contributed by atoms with Crippen LogP contribution in [0.15, 0.2) is 0 Å². The van der Waals surface area contributed by atoms with Crippen LogP contribution in [0.2, 0.25) is 0 Å². The molecule has 178 valence electrons. The van der Waals surface area contributed by atoms with Crippen LogP contribution in [0.3, 0.4) is 0 Å². The number of hydrogen-bond donors (Lipinski definition) is 0. The third-order valence-electron chi connectivity index (χ3n) is 6.57. The highest BCUT2D eigenvalue weighted by molar-refractivity contribution is 5.85. The van der Waals surface area contributed by atoms with Crippen molar-refractivity contribution in [2.24, 2.45) is 5.92 Å². The lowest BCUT2D eigenvalue weighted by molar-refractivity contribution is -0.259. The summed E-state index contributed by atoms with van der Waals surface area (Å²) >= 11 is 0. The second-order valence-corrected chi connectivity index (χ2v) is 8.31. The summed E-state index contributed by atoms with van der Waals surface area (Å²) < 4.78 is 23.4. The highest BCUT2D eigenvalue weighted by atomic mass is 35.5. The van der Waals surface area contributed by atoms with E-state index in [0.717, 1.165) is 58.2 Å². The topological polar surface area (TPSA) is 60.5 Å². The smallest absolute Gasteiger partial charge is 0.308 e. The third-order valence-corrected chi connectivity index (χ3v) is 6.57. The summed E-state index contributed by atoms with van der Waals surface area (Å²) in [4.78, 5) is 16.9. The number of carbonyl (C=O) groups is 1. The van der Waals surface area contributed by atoms with Crippen molar-refractivity contribution in [1.29, 1.82) is 0 Å². The Bertz CT molecular complexity index is 502. The lowest BCUT2D eigenvalue weighted by Crippen LogP contribution is -2.60. The molecular weight excluding hydrogens is 431 g/mol. The Labute approximate surface area is 193 Å². The number of nitrogens with zero attached hydrogens (tertiary/aromatic N) is 2. The molecular formula is C21H40Cl2N2O5. The Hall–Kier alpha value is -0.150. The van der Waals surface area contributed by atoms with E-state index in [2.05, 4.69) is 9.80 Å². The Morgan fingerprint density at radius 1 is 1.03 bits per heavy atom. The van der Waals surface area contributed by atoms with Gasteiger partial charge in [-0.05, 0) is 58.3 Å². The maximum absolute atomic E-state index is 12.0. The van der Waals surface area contributed by atoms with Gasteiger partial charge < -0.3 is 18.9 Å². The molecule has 9 heteroatoms. The molecule has 0 radical (unpaired) electrons. The van der Waals surface area contributed by atoms with Gasteiger partial charge in [0.05, 0.1) is 25.2 Å². The van der Waals surface area contributed by atoms with E-state index in [-0.39, 0.29) is 49.2 Å². The molecule has 2 aliphatic heterocycles. The second-order valence-electron chi connectivity index (χ2n) is 8.31. The number of rotatable bonds is 9. The largest absolute Gasteiger partial charge is 0.466 e. The number of likely N-dealkylation sites (tertiary alicyclic amines) is 2. The first kappa shape index (κ1) is 27.9. The van der Waals surface area contributed by atoms with Gasteiger partial charge in [0.2, 0.25) is 0 Å². The zero-order chi connectivity index (χ0) is 20.0. The fourth-order valence-electron chi connectivity index (χ4n) is 5.03. The molecule has 0 aromatic heterocycles. The maximum atomic E-state index is 12.0. The van der Waals surface area contributed by atoms with Crippen molar-refractivity contribution in [3.8, 4) is 0 Å². The minimum Gasteiger partial charge on any atom is -0.466 e. The van der Waals surface area contributed by atoms with Gasteiger partial charge in [0.1, 0.15) is 5.72 Å². The zero-order valence-electron chi connectivity index (χ0n) is 18.7. The maximum Gasteiger partial charge on any atom is 0.308 e. The number of esters is 1. The second kappa shape index (κ2) is 13.4. The van der Waals surface area contributed by atoms with E-state index in [9.17, 15) is 4.79 Å². The van der Waals surface area contributed by atoms with E-state index in [1.54, 1.807) is 14.2 Å². The fraction of sp³-hybridized carbons (Fsp3) is 0.952. The first-order chi connectivity index (χ1) is 13.6. The number of ether oxygens (including phenoxy) is 4. The first-order valence-corrected chi connectivity index (χ1v) is 11.0. The Balaban J connectivity index is 0.00000225. The first-order valence-electron chi connectivity index (χ1n) is 11.0. The average Bonchev–Trinajstić information content (AvgIpc) is 3.38. The van der Waals surface area contributed by atoms with Gasteiger partial charge in [-0.25, -0.2) is 4.90 Å². The molecule has 1 aliphatic carbocycles. The van der Waals surface area contributed by atoms with Crippen LogP contribution in [0.1, 0.15) is 58.3 Å². The molecule has 3 fully saturated rings. The molecule has 3 aliphatic rings. The van der Waals surface area contributed by atoms with Crippen LogP contribution in [0.5, 0.6) is 0 Å². The van der Waals surface area contributed by atoms with Crippen molar-refractivity contribution < 1.29 is 23.7 Å². The molecule has 3 rings (SSSR count). The fourth-order valence-corrected chi connectivity index (χ4v) is 5.03. The lowest BCUT2D eigenvalue weighted by atomic mass is 9.87. The predicted octanol–water partition coefficient (Wildman–Crippen LogP) is 3.43. The minimum atomic E-state index is -0.413. The molecule has 2 atom stereocenters. The third kappa shape index (κ3) is 6.44. The molecule has 0 aromatic carbocycles. The Morgan fingerprint density at radius 3 is 2.27 bits per heavy atom. The average molecular weight is 471 g/mol. The summed E-state index contributed by atoms with van der Waals surface area (Å²) in [6, 6.07) is 0. The number of carbonyl (C=O) groups excluding carboxylic acids is 1. The lowest BCUT2D eigenvalue weighted by Gasteiger charge is -2.46. The number of halogens is 2. The van der Waals surface area contributed by atoms with Crippen LogP contribution in [0, 0.1) is 5.92 Å². The van der Waals surface area contributed by atoms with Crippen molar-refractivity contribution in [3.63, 3.8) is 0 Å². The van der Waals surface area contributed by atoms with Gasteiger partial charge >= 0.3 is 5.97 Å². The molecule has 30 heavy (non-hydrogen) atoms. The van der Waals surface area contributed by atoms with E-state index in [1.807, 2.05) is 6.92 Å². The van der Waals surface area contributed by atoms with Crippen molar-refractivity contribution in [3.05, 3.63) is 0 Å². The zero-order valence-corrected chi connectivity index (χ0v) is 20.3. The van der Waals surface area contributed by atoms with Gasteiger partial charge in [-0.15, -0.1) is 24.8 Å². The molecule has 0 aromatic rings. The monoisotopic (exact) mass is 470 g/mol. The SMILES string of the molecule is CCOC(=O)C1CCC(O[C@@H](N2CCCC2)N2CCC[C@@]2(COC)OC)CC1.Cl.Cl. The van der Waals surface area contributed by atoms with Gasteiger partial charge in [0.25, 0.3) is 0 Å².